The van der Waals surface area contributed by atoms with E-state index >= 15 is 0 Å². The molecule has 1 N–H and O–H groups in total. The number of carbonyl (C=O) groups excluding carboxylic acids is 2. The largest absolute Gasteiger partial charge is 0.343 e. The van der Waals surface area contributed by atoms with Crippen LogP contribution in [0.1, 0.15) is 43.4 Å². The van der Waals surface area contributed by atoms with E-state index in [2.05, 4.69) is 5.32 Å². The van der Waals surface area contributed by atoms with E-state index in [-0.39, 0.29) is 23.1 Å². The summed E-state index contributed by atoms with van der Waals surface area (Å²) in [6, 6.07) is 13.4. The van der Waals surface area contributed by atoms with Crippen molar-refractivity contribution in [1.82, 2.24) is 9.21 Å². The molecular formula is C23H27N3O4S. The Morgan fingerprint density at radius 1 is 1.00 bits per heavy atom. The second-order valence-corrected chi connectivity index (χ2v) is 9.97. The van der Waals surface area contributed by atoms with E-state index in [1.165, 1.54) is 23.4 Å². The number of nitrogens with zero attached hydrogens (tertiary/aromatic N) is 2. The highest BCUT2D eigenvalue weighted by Crippen LogP contribution is 2.37. The summed E-state index contributed by atoms with van der Waals surface area (Å²) in [7, 11) is -3.82. The van der Waals surface area contributed by atoms with Gasteiger partial charge >= 0.3 is 0 Å². The third-order valence-electron chi connectivity index (χ3n) is 5.97. The number of benzene rings is 2. The summed E-state index contributed by atoms with van der Waals surface area (Å²) in [5, 5.41) is 2.64. The van der Waals surface area contributed by atoms with E-state index in [1.807, 2.05) is 29.2 Å². The molecule has 1 fully saturated rings. The highest BCUT2D eigenvalue weighted by Gasteiger charge is 2.38. The molecule has 2 amide bonds. The van der Waals surface area contributed by atoms with Crippen molar-refractivity contribution in [3.05, 3.63) is 59.7 Å². The fraction of sp³-hybridized carbons (Fsp3) is 0.391. The Morgan fingerprint density at radius 2 is 1.68 bits per heavy atom. The molecule has 4 rings (SSSR count). The fourth-order valence-corrected chi connectivity index (χ4v) is 6.04. The van der Waals surface area contributed by atoms with E-state index in [0.29, 0.717) is 18.7 Å². The maximum atomic E-state index is 13.6. The van der Waals surface area contributed by atoms with Crippen molar-refractivity contribution in [2.75, 3.05) is 25.0 Å². The Labute approximate surface area is 183 Å². The summed E-state index contributed by atoms with van der Waals surface area (Å²) in [5.41, 5.74) is 2.53. The third kappa shape index (κ3) is 4.50. The molecule has 1 atom stereocenters. The average molecular weight is 442 g/mol. The Balaban J connectivity index is 1.65. The van der Waals surface area contributed by atoms with Gasteiger partial charge in [0.15, 0.2) is 0 Å². The molecule has 2 aromatic carbocycles. The van der Waals surface area contributed by atoms with Crippen LogP contribution in [0.3, 0.4) is 0 Å². The maximum absolute atomic E-state index is 13.6. The van der Waals surface area contributed by atoms with E-state index in [1.54, 1.807) is 12.1 Å². The minimum Gasteiger partial charge on any atom is -0.343 e. The second kappa shape index (κ2) is 8.80. The van der Waals surface area contributed by atoms with Crippen LogP contribution in [0.4, 0.5) is 5.69 Å². The van der Waals surface area contributed by atoms with Crippen LogP contribution in [0, 0.1) is 0 Å². The van der Waals surface area contributed by atoms with Gasteiger partial charge in [0, 0.05) is 38.7 Å². The number of rotatable bonds is 5. The van der Waals surface area contributed by atoms with Crippen molar-refractivity contribution in [2.45, 2.75) is 43.5 Å². The summed E-state index contributed by atoms with van der Waals surface area (Å²) in [5.74, 6) is -0.218. The highest BCUT2D eigenvalue weighted by molar-refractivity contribution is 7.89. The van der Waals surface area contributed by atoms with Gasteiger partial charge in [0.1, 0.15) is 0 Å². The molecule has 1 saturated heterocycles. The maximum Gasteiger partial charge on any atom is 0.243 e. The first kappa shape index (κ1) is 21.5. The predicted octanol–water partition coefficient (Wildman–Crippen LogP) is 2.95. The van der Waals surface area contributed by atoms with E-state index < -0.39 is 16.1 Å². The standard InChI is InChI=1S/C23H27N3O4S/c1-17(27)24-19-8-10-20(11-9-19)31(29,30)26-15-12-18-6-2-3-7-21(18)22(26)16-23(28)25-13-4-5-14-25/h2-3,6-11,22H,4-5,12-16H2,1H3,(H,24,27)/t22-/m0/s1. The predicted molar refractivity (Wildman–Crippen MR) is 118 cm³/mol. The molecule has 0 aromatic heterocycles. The van der Waals surface area contributed by atoms with Crippen LogP contribution in [0.5, 0.6) is 0 Å². The molecule has 0 saturated carbocycles. The smallest absolute Gasteiger partial charge is 0.243 e. The van der Waals surface area contributed by atoms with Crippen LogP contribution in [-0.4, -0.2) is 49.1 Å². The molecule has 0 unspecified atom stereocenters. The van der Waals surface area contributed by atoms with Gasteiger partial charge in [0.2, 0.25) is 21.8 Å². The average Bonchev–Trinajstić information content (AvgIpc) is 3.29. The van der Waals surface area contributed by atoms with Gasteiger partial charge in [0.25, 0.3) is 0 Å². The number of hydrogen-bond acceptors (Lipinski definition) is 4. The van der Waals surface area contributed by atoms with E-state index in [4.69, 9.17) is 0 Å². The van der Waals surface area contributed by atoms with Gasteiger partial charge in [-0.2, -0.15) is 4.31 Å². The first-order chi connectivity index (χ1) is 14.9. The van der Waals surface area contributed by atoms with Gasteiger partial charge in [-0.15, -0.1) is 0 Å². The molecule has 8 heteroatoms. The summed E-state index contributed by atoms with van der Waals surface area (Å²) >= 11 is 0. The van der Waals surface area contributed by atoms with Crippen LogP contribution >= 0.6 is 0 Å². The van der Waals surface area contributed by atoms with E-state index in [9.17, 15) is 18.0 Å². The number of nitrogens with one attached hydrogen (secondary N) is 1. The van der Waals surface area contributed by atoms with Gasteiger partial charge in [-0.25, -0.2) is 8.42 Å². The zero-order chi connectivity index (χ0) is 22.0. The Hall–Kier alpha value is -2.71. The number of carbonyl (C=O) groups is 2. The molecule has 0 aliphatic carbocycles. The number of sulfonamides is 1. The van der Waals surface area contributed by atoms with E-state index in [0.717, 1.165) is 37.1 Å². The van der Waals surface area contributed by atoms with Crippen LogP contribution in [0.15, 0.2) is 53.4 Å². The van der Waals surface area contributed by atoms with Crippen molar-refractivity contribution < 1.29 is 18.0 Å². The number of amides is 2. The lowest BCUT2D eigenvalue weighted by Crippen LogP contribution is -2.42. The van der Waals surface area contributed by atoms with Crippen LogP contribution in [0.2, 0.25) is 0 Å². The summed E-state index contributed by atoms with van der Waals surface area (Å²) in [6.45, 7) is 3.21. The molecule has 0 bridgehead atoms. The van der Waals surface area contributed by atoms with Crippen LogP contribution < -0.4 is 5.32 Å². The molecule has 164 valence electrons. The first-order valence-electron chi connectivity index (χ1n) is 10.6. The summed E-state index contributed by atoms with van der Waals surface area (Å²) in [4.78, 5) is 26.2. The summed E-state index contributed by atoms with van der Waals surface area (Å²) < 4.78 is 28.6. The monoisotopic (exact) mass is 441 g/mol. The molecular weight excluding hydrogens is 414 g/mol. The minimum atomic E-state index is -3.82. The van der Waals surface area contributed by atoms with Gasteiger partial charge < -0.3 is 10.2 Å². The molecule has 0 spiro atoms. The Kier molecular flexibility index (Phi) is 6.11. The molecule has 2 aliphatic heterocycles. The van der Waals surface area contributed by atoms with Crippen LogP contribution in [-0.2, 0) is 26.0 Å². The molecule has 7 nitrogen and oxygen atoms in total. The molecule has 31 heavy (non-hydrogen) atoms. The number of hydrogen-bond donors (Lipinski definition) is 1. The molecule has 2 aromatic rings. The van der Waals surface area contributed by atoms with Gasteiger partial charge in [-0.1, -0.05) is 24.3 Å². The van der Waals surface area contributed by atoms with Gasteiger partial charge in [0.05, 0.1) is 10.9 Å². The highest BCUT2D eigenvalue weighted by atomic mass is 32.2. The fourth-order valence-electron chi connectivity index (χ4n) is 4.44. The minimum absolute atomic E-state index is 0.000379. The number of fused-ring (bicyclic) bond motifs is 1. The second-order valence-electron chi connectivity index (χ2n) is 8.08. The normalized spacial score (nSPS) is 19.1. The molecule has 2 heterocycles. The van der Waals surface area contributed by atoms with Gasteiger partial charge in [-0.3, -0.25) is 9.59 Å². The number of likely N-dealkylation sites (tertiary alicyclic amines) is 1. The topological polar surface area (TPSA) is 86.8 Å². The van der Waals surface area contributed by atoms with Crippen molar-refractivity contribution in [2.24, 2.45) is 0 Å². The molecule has 0 radical (unpaired) electrons. The lowest BCUT2D eigenvalue weighted by molar-refractivity contribution is -0.131. The number of anilines is 1. The quantitative estimate of drug-likeness (QED) is 0.773. The Morgan fingerprint density at radius 3 is 2.35 bits per heavy atom. The lowest BCUT2D eigenvalue weighted by atomic mass is 9.92. The van der Waals surface area contributed by atoms with Crippen molar-refractivity contribution in [1.29, 1.82) is 0 Å². The van der Waals surface area contributed by atoms with Crippen molar-refractivity contribution >= 4 is 27.5 Å². The summed E-state index contributed by atoms with van der Waals surface area (Å²) in [6.07, 6.45) is 2.74. The first-order valence-corrected chi connectivity index (χ1v) is 12.1. The van der Waals surface area contributed by atoms with Crippen LogP contribution in [0.25, 0.3) is 0 Å². The van der Waals surface area contributed by atoms with Gasteiger partial charge in [-0.05, 0) is 54.7 Å². The SMILES string of the molecule is CC(=O)Nc1ccc(S(=O)(=O)N2CCc3ccccc3[C@@H]2CC(=O)N2CCCC2)cc1. The van der Waals surface area contributed by atoms with Crippen molar-refractivity contribution in [3.63, 3.8) is 0 Å². The van der Waals surface area contributed by atoms with Crippen molar-refractivity contribution in [3.8, 4) is 0 Å². The third-order valence-corrected chi connectivity index (χ3v) is 7.89. The molecule has 2 aliphatic rings. The lowest BCUT2D eigenvalue weighted by Gasteiger charge is -2.36. The zero-order valence-corrected chi connectivity index (χ0v) is 18.4. The Bertz CT molecular complexity index is 1080. The zero-order valence-electron chi connectivity index (χ0n) is 17.6.